The van der Waals surface area contributed by atoms with Crippen molar-refractivity contribution in [2.24, 2.45) is 0 Å². The lowest BCUT2D eigenvalue weighted by molar-refractivity contribution is -0.126. The summed E-state index contributed by atoms with van der Waals surface area (Å²) < 4.78 is 0. The van der Waals surface area contributed by atoms with Crippen LogP contribution < -0.4 is 10.9 Å². The molecule has 2 aromatic rings. The molecular weight excluding hydrogens is 316 g/mol. The van der Waals surface area contributed by atoms with Crippen LogP contribution in [-0.4, -0.2) is 39.9 Å². The van der Waals surface area contributed by atoms with Crippen LogP contribution in [0.4, 0.5) is 0 Å². The first-order chi connectivity index (χ1) is 12.1. The SMILES string of the molecule is C[C@@H](CNC(=O)[C@H](C)N1CCc2c(nc[nH]c2=O)C1)c1ccccc1. The van der Waals surface area contributed by atoms with Crippen LogP contribution in [0, 0.1) is 0 Å². The van der Waals surface area contributed by atoms with Gasteiger partial charge in [-0.25, -0.2) is 4.98 Å². The van der Waals surface area contributed by atoms with Crippen LogP contribution in [0.15, 0.2) is 41.5 Å². The minimum atomic E-state index is -0.253. The topological polar surface area (TPSA) is 78.1 Å². The number of aromatic amines is 1. The standard InChI is InChI=1S/C19H24N4O2/c1-13(15-6-4-3-5-7-15)10-20-18(24)14(2)23-9-8-16-17(11-23)21-12-22-19(16)25/h3-7,12-14H,8-11H2,1-2H3,(H,20,24)(H,21,22,25)/t13-,14-/m0/s1. The van der Waals surface area contributed by atoms with Gasteiger partial charge in [0.05, 0.1) is 18.1 Å². The van der Waals surface area contributed by atoms with Crippen molar-refractivity contribution in [2.45, 2.75) is 38.8 Å². The van der Waals surface area contributed by atoms with Gasteiger partial charge in [0, 0.05) is 25.2 Å². The lowest BCUT2D eigenvalue weighted by Crippen LogP contribution is -2.48. The Kier molecular flexibility index (Phi) is 5.28. The predicted octanol–water partition coefficient (Wildman–Crippen LogP) is 1.44. The van der Waals surface area contributed by atoms with Gasteiger partial charge in [-0.1, -0.05) is 37.3 Å². The van der Waals surface area contributed by atoms with Crippen molar-refractivity contribution in [3.63, 3.8) is 0 Å². The molecule has 132 valence electrons. The van der Waals surface area contributed by atoms with Crippen LogP contribution >= 0.6 is 0 Å². The van der Waals surface area contributed by atoms with E-state index in [9.17, 15) is 9.59 Å². The van der Waals surface area contributed by atoms with Gasteiger partial charge in [-0.15, -0.1) is 0 Å². The van der Waals surface area contributed by atoms with E-state index in [2.05, 4.69) is 39.2 Å². The second-order valence-electron chi connectivity index (χ2n) is 6.61. The molecule has 6 nitrogen and oxygen atoms in total. The summed E-state index contributed by atoms with van der Waals surface area (Å²) >= 11 is 0. The largest absolute Gasteiger partial charge is 0.354 e. The number of nitrogens with one attached hydrogen (secondary N) is 2. The van der Waals surface area contributed by atoms with Gasteiger partial charge in [-0.2, -0.15) is 0 Å². The number of amides is 1. The molecule has 2 N–H and O–H groups in total. The highest BCUT2D eigenvalue weighted by Gasteiger charge is 2.27. The van der Waals surface area contributed by atoms with Crippen LogP contribution in [0.2, 0.25) is 0 Å². The molecule has 25 heavy (non-hydrogen) atoms. The molecule has 1 aliphatic rings. The molecule has 0 radical (unpaired) electrons. The van der Waals surface area contributed by atoms with E-state index in [1.54, 1.807) is 0 Å². The van der Waals surface area contributed by atoms with Crippen molar-refractivity contribution in [3.05, 3.63) is 63.8 Å². The summed E-state index contributed by atoms with van der Waals surface area (Å²) in [6, 6.07) is 9.91. The monoisotopic (exact) mass is 340 g/mol. The summed E-state index contributed by atoms with van der Waals surface area (Å²) in [7, 11) is 0. The maximum Gasteiger partial charge on any atom is 0.254 e. The second-order valence-corrected chi connectivity index (χ2v) is 6.61. The van der Waals surface area contributed by atoms with E-state index in [1.165, 1.54) is 11.9 Å². The number of aromatic nitrogens is 2. The molecule has 0 aliphatic carbocycles. The Morgan fingerprint density at radius 1 is 1.32 bits per heavy atom. The molecule has 0 saturated carbocycles. The minimum Gasteiger partial charge on any atom is -0.354 e. The fourth-order valence-electron chi connectivity index (χ4n) is 3.18. The lowest BCUT2D eigenvalue weighted by atomic mass is 10.0. The van der Waals surface area contributed by atoms with E-state index in [0.717, 1.165) is 11.3 Å². The summed E-state index contributed by atoms with van der Waals surface area (Å²) in [5.41, 5.74) is 2.65. The van der Waals surface area contributed by atoms with Gasteiger partial charge >= 0.3 is 0 Å². The summed E-state index contributed by atoms with van der Waals surface area (Å²) in [6.07, 6.45) is 2.05. The van der Waals surface area contributed by atoms with Gasteiger partial charge in [-0.3, -0.25) is 14.5 Å². The number of benzene rings is 1. The molecule has 1 aliphatic heterocycles. The molecule has 1 amide bonds. The molecule has 3 rings (SSSR count). The Labute approximate surface area is 147 Å². The molecule has 0 saturated heterocycles. The molecule has 2 atom stereocenters. The highest BCUT2D eigenvalue weighted by molar-refractivity contribution is 5.81. The zero-order valence-corrected chi connectivity index (χ0v) is 14.7. The molecule has 0 fully saturated rings. The highest BCUT2D eigenvalue weighted by Crippen LogP contribution is 2.16. The van der Waals surface area contributed by atoms with E-state index in [4.69, 9.17) is 0 Å². The van der Waals surface area contributed by atoms with E-state index < -0.39 is 0 Å². The van der Waals surface area contributed by atoms with Gasteiger partial charge < -0.3 is 10.3 Å². The quantitative estimate of drug-likeness (QED) is 0.863. The van der Waals surface area contributed by atoms with Gasteiger partial charge in [0.25, 0.3) is 5.56 Å². The predicted molar refractivity (Wildman–Crippen MR) is 96.3 cm³/mol. The maximum atomic E-state index is 12.5. The molecule has 2 heterocycles. The number of carbonyl (C=O) groups is 1. The first-order valence-electron chi connectivity index (χ1n) is 8.68. The van der Waals surface area contributed by atoms with E-state index in [-0.39, 0.29) is 23.4 Å². The number of carbonyl (C=O) groups excluding carboxylic acids is 1. The fraction of sp³-hybridized carbons (Fsp3) is 0.421. The van der Waals surface area contributed by atoms with E-state index in [0.29, 0.717) is 26.1 Å². The van der Waals surface area contributed by atoms with E-state index >= 15 is 0 Å². The number of H-pyrrole nitrogens is 1. The van der Waals surface area contributed by atoms with Crippen LogP contribution in [0.5, 0.6) is 0 Å². The summed E-state index contributed by atoms with van der Waals surface area (Å²) in [4.78, 5) is 33.2. The molecule has 0 bridgehead atoms. The second kappa shape index (κ2) is 7.61. The number of hydrogen-bond donors (Lipinski definition) is 2. The maximum absolute atomic E-state index is 12.5. The molecule has 0 unspecified atom stereocenters. The van der Waals surface area contributed by atoms with Crippen molar-refractivity contribution >= 4 is 5.91 Å². The molecule has 1 aromatic carbocycles. The van der Waals surface area contributed by atoms with Crippen molar-refractivity contribution in [1.82, 2.24) is 20.2 Å². The third-order valence-electron chi connectivity index (χ3n) is 4.92. The van der Waals surface area contributed by atoms with Gasteiger partial charge in [0.1, 0.15) is 0 Å². The average molecular weight is 340 g/mol. The van der Waals surface area contributed by atoms with Crippen LogP contribution in [0.25, 0.3) is 0 Å². The van der Waals surface area contributed by atoms with Gasteiger partial charge in [0.2, 0.25) is 5.91 Å². The summed E-state index contributed by atoms with van der Waals surface area (Å²) in [5.74, 6) is 0.274. The van der Waals surface area contributed by atoms with Gasteiger partial charge in [0.15, 0.2) is 0 Å². The van der Waals surface area contributed by atoms with Crippen molar-refractivity contribution in [2.75, 3.05) is 13.1 Å². The first kappa shape index (κ1) is 17.4. The number of fused-ring (bicyclic) bond motifs is 1. The number of nitrogens with zero attached hydrogens (tertiary/aromatic N) is 2. The third kappa shape index (κ3) is 3.96. The van der Waals surface area contributed by atoms with Crippen molar-refractivity contribution in [1.29, 1.82) is 0 Å². The Balaban J connectivity index is 1.57. The molecule has 1 aromatic heterocycles. The van der Waals surface area contributed by atoms with Gasteiger partial charge in [-0.05, 0) is 24.8 Å². The zero-order chi connectivity index (χ0) is 17.8. The van der Waals surface area contributed by atoms with Crippen LogP contribution in [0.3, 0.4) is 0 Å². The third-order valence-corrected chi connectivity index (χ3v) is 4.92. The Morgan fingerprint density at radius 2 is 2.08 bits per heavy atom. The minimum absolute atomic E-state index is 0.0103. The Bertz CT molecular complexity index is 788. The Hall–Kier alpha value is -2.47. The molecule has 6 heteroatoms. The normalized spacial score (nSPS) is 16.7. The first-order valence-corrected chi connectivity index (χ1v) is 8.68. The van der Waals surface area contributed by atoms with Crippen LogP contribution in [-0.2, 0) is 17.8 Å². The Morgan fingerprint density at radius 3 is 2.84 bits per heavy atom. The molecule has 0 spiro atoms. The number of hydrogen-bond acceptors (Lipinski definition) is 4. The average Bonchev–Trinajstić information content (AvgIpc) is 2.65. The lowest BCUT2D eigenvalue weighted by Gasteiger charge is -2.32. The molecular formula is C19H24N4O2. The smallest absolute Gasteiger partial charge is 0.254 e. The summed E-state index contributed by atoms with van der Waals surface area (Å²) in [6.45, 7) is 5.83. The van der Waals surface area contributed by atoms with Crippen molar-refractivity contribution < 1.29 is 4.79 Å². The fourth-order valence-corrected chi connectivity index (χ4v) is 3.18. The number of rotatable bonds is 5. The highest BCUT2D eigenvalue weighted by atomic mass is 16.2. The van der Waals surface area contributed by atoms with Crippen LogP contribution in [0.1, 0.15) is 36.6 Å². The van der Waals surface area contributed by atoms with Crippen molar-refractivity contribution in [3.8, 4) is 0 Å². The van der Waals surface area contributed by atoms with E-state index in [1.807, 2.05) is 25.1 Å². The zero-order valence-electron chi connectivity index (χ0n) is 14.7. The summed E-state index contributed by atoms with van der Waals surface area (Å²) in [5, 5.41) is 3.04.